The van der Waals surface area contributed by atoms with Gasteiger partial charge in [-0.05, 0) is 53.9 Å². The quantitative estimate of drug-likeness (QED) is 0.657. The van der Waals surface area contributed by atoms with Gasteiger partial charge in [-0.3, -0.25) is 0 Å². The van der Waals surface area contributed by atoms with Gasteiger partial charge < -0.3 is 10.6 Å². The van der Waals surface area contributed by atoms with Crippen molar-refractivity contribution in [2.24, 2.45) is 0 Å². The van der Waals surface area contributed by atoms with Crippen LogP contribution < -0.4 is 10.6 Å². The highest BCUT2D eigenvalue weighted by Crippen LogP contribution is 2.27. The minimum Gasteiger partial charge on any atom is -0.308 e. The molecule has 0 unspecified atom stereocenters. The molecule has 0 atom stereocenters. The molecule has 0 fully saturated rings. The van der Waals surface area contributed by atoms with Crippen molar-refractivity contribution in [3.8, 4) is 0 Å². The van der Waals surface area contributed by atoms with Gasteiger partial charge in [-0.1, -0.05) is 36.4 Å². The largest absolute Gasteiger partial charge is 0.323 e. The highest BCUT2D eigenvalue weighted by Gasteiger charge is 2.28. The standard InChI is InChI=1S/C22H20FN3O3S/c23-20-8-4-5-9-21(20)25-22(27)24-18-11-10-16-12-13-26(15-17(16)14-18)30(28,29)19-6-2-1-3-7-19/h1-11,14H,12-13,15H2,(H2,24,25,27). The lowest BCUT2D eigenvalue weighted by Crippen LogP contribution is -2.36. The zero-order valence-electron chi connectivity index (χ0n) is 16.0. The molecule has 0 saturated heterocycles. The monoisotopic (exact) mass is 425 g/mol. The van der Waals surface area contributed by atoms with Crippen molar-refractivity contribution in [3.63, 3.8) is 0 Å². The van der Waals surface area contributed by atoms with Crippen LogP contribution in [0.1, 0.15) is 11.1 Å². The van der Waals surface area contributed by atoms with Gasteiger partial charge in [0.15, 0.2) is 0 Å². The van der Waals surface area contributed by atoms with Crippen LogP contribution in [0.4, 0.5) is 20.6 Å². The normalized spacial score (nSPS) is 14.0. The van der Waals surface area contributed by atoms with Crippen molar-refractivity contribution in [3.05, 3.63) is 89.7 Å². The fraction of sp³-hybridized carbons (Fsp3) is 0.136. The summed E-state index contributed by atoms with van der Waals surface area (Å²) in [6, 6.07) is 19.0. The minimum absolute atomic E-state index is 0.0769. The number of hydrogen-bond acceptors (Lipinski definition) is 3. The maximum Gasteiger partial charge on any atom is 0.323 e. The molecule has 0 bridgehead atoms. The number of anilines is 2. The maximum atomic E-state index is 13.7. The number of fused-ring (bicyclic) bond motifs is 1. The van der Waals surface area contributed by atoms with Gasteiger partial charge in [0, 0.05) is 18.8 Å². The molecule has 0 aromatic heterocycles. The predicted molar refractivity (Wildman–Crippen MR) is 113 cm³/mol. The van der Waals surface area contributed by atoms with Gasteiger partial charge >= 0.3 is 6.03 Å². The molecule has 2 amide bonds. The molecule has 4 rings (SSSR count). The van der Waals surface area contributed by atoms with E-state index in [0.717, 1.165) is 11.1 Å². The molecular weight excluding hydrogens is 405 g/mol. The first-order chi connectivity index (χ1) is 14.4. The number of halogens is 1. The molecule has 1 aliphatic rings. The van der Waals surface area contributed by atoms with Crippen molar-refractivity contribution in [2.75, 3.05) is 17.2 Å². The molecule has 1 aliphatic heterocycles. The second-order valence-corrected chi connectivity index (χ2v) is 8.88. The Morgan fingerprint density at radius 1 is 0.900 bits per heavy atom. The van der Waals surface area contributed by atoms with Crippen LogP contribution in [0.5, 0.6) is 0 Å². The van der Waals surface area contributed by atoms with E-state index in [4.69, 9.17) is 0 Å². The van der Waals surface area contributed by atoms with Gasteiger partial charge in [0.05, 0.1) is 10.6 Å². The van der Waals surface area contributed by atoms with E-state index >= 15 is 0 Å². The summed E-state index contributed by atoms with van der Waals surface area (Å²) in [6.07, 6.45) is 0.586. The number of rotatable bonds is 4. The Labute approximate surface area is 174 Å². The molecule has 3 aromatic rings. The number of sulfonamides is 1. The third kappa shape index (κ3) is 4.19. The average molecular weight is 425 g/mol. The second kappa shape index (κ2) is 8.25. The number of carbonyl (C=O) groups excluding carboxylic acids is 1. The first-order valence-electron chi connectivity index (χ1n) is 9.43. The van der Waals surface area contributed by atoms with Crippen LogP contribution in [0.15, 0.2) is 77.7 Å². The smallest absolute Gasteiger partial charge is 0.308 e. The van der Waals surface area contributed by atoms with E-state index in [-0.39, 0.29) is 17.1 Å². The summed E-state index contributed by atoms with van der Waals surface area (Å²) >= 11 is 0. The Balaban J connectivity index is 1.49. The Hall–Kier alpha value is -3.23. The second-order valence-electron chi connectivity index (χ2n) is 6.94. The highest BCUT2D eigenvalue weighted by molar-refractivity contribution is 7.89. The topological polar surface area (TPSA) is 78.5 Å². The number of benzene rings is 3. The van der Waals surface area contributed by atoms with Crippen molar-refractivity contribution in [2.45, 2.75) is 17.9 Å². The van der Waals surface area contributed by atoms with E-state index < -0.39 is 21.9 Å². The maximum absolute atomic E-state index is 13.7. The number of nitrogens with zero attached hydrogens (tertiary/aromatic N) is 1. The first kappa shape index (κ1) is 20.1. The Bertz CT molecular complexity index is 1180. The zero-order valence-corrected chi connectivity index (χ0v) is 16.8. The van der Waals surface area contributed by atoms with Gasteiger partial charge in [-0.2, -0.15) is 4.31 Å². The summed E-state index contributed by atoms with van der Waals surface area (Å²) in [5.41, 5.74) is 2.44. The van der Waals surface area contributed by atoms with Crippen LogP contribution in [0.3, 0.4) is 0 Å². The predicted octanol–water partition coefficient (Wildman–Crippen LogP) is 4.22. The van der Waals surface area contributed by atoms with E-state index in [2.05, 4.69) is 10.6 Å². The van der Waals surface area contributed by atoms with E-state index in [9.17, 15) is 17.6 Å². The van der Waals surface area contributed by atoms with Crippen LogP contribution in [0, 0.1) is 5.82 Å². The molecule has 6 nitrogen and oxygen atoms in total. The molecule has 0 spiro atoms. The number of urea groups is 1. The molecule has 1 heterocycles. The van der Waals surface area contributed by atoms with Crippen LogP contribution in [-0.2, 0) is 23.0 Å². The van der Waals surface area contributed by atoms with Gasteiger partial charge in [0.25, 0.3) is 0 Å². The van der Waals surface area contributed by atoms with E-state index in [0.29, 0.717) is 18.7 Å². The Morgan fingerprint density at radius 3 is 2.40 bits per heavy atom. The number of hydrogen-bond donors (Lipinski definition) is 2. The van der Waals surface area contributed by atoms with Crippen molar-refractivity contribution in [1.29, 1.82) is 0 Å². The van der Waals surface area contributed by atoms with E-state index in [1.54, 1.807) is 48.5 Å². The van der Waals surface area contributed by atoms with Crippen LogP contribution in [0.2, 0.25) is 0 Å². The summed E-state index contributed by atoms with van der Waals surface area (Å²) in [5, 5.41) is 5.13. The third-order valence-electron chi connectivity index (χ3n) is 4.94. The summed E-state index contributed by atoms with van der Waals surface area (Å²) in [7, 11) is -3.59. The number of para-hydroxylation sites is 1. The number of nitrogens with one attached hydrogen (secondary N) is 2. The van der Waals surface area contributed by atoms with Gasteiger partial charge in [-0.25, -0.2) is 17.6 Å². The Morgan fingerprint density at radius 2 is 1.63 bits per heavy atom. The van der Waals surface area contributed by atoms with Crippen molar-refractivity contribution < 1.29 is 17.6 Å². The molecule has 0 saturated carbocycles. The summed E-state index contributed by atoms with van der Waals surface area (Å²) in [5.74, 6) is -0.528. The van der Waals surface area contributed by atoms with Crippen molar-refractivity contribution >= 4 is 27.4 Å². The Kier molecular flexibility index (Phi) is 5.52. The van der Waals surface area contributed by atoms with Gasteiger partial charge in [0.1, 0.15) is 5.82 Å². The minimum atomic E-state index is -3.59. The molecular formula is C22H20FN3O3S. The number of amides is 2. The fourth-order valence-corrected chi connectivity index (χ4v) is 4.84. The molecule has 0 aliphatic carbocycles. The first-order valence-corrected chi connectivity index (χ1v) is 10.9. The molecule has 8 heteroatoms. The lowest BCUT2D eigenvalue weighted by atomic mass is 10.0. The van der Waals surface area contributed by atoms with Gasteiger partial charge in [0.2, 0.25) is 10.0 Å². The van der Waals surface area contributed by atoms with Gasteiger partial charge in [-0.15, -0.1) is 0 Å². The molecule has 0 radical (unpaired) electrons. The van der Waals surface area contributed by atoms with Crippen LogP contribution in [-0.4, -0.2) is 25.3 Å². The summed E-state index contributed by atoms with van der Waals surface area (Å²) in [6.45, 7) is 0.613. The molecule has 30 heavy (non-hydrogen) atoms. The van der Waals surface area contributed by atoms with E-state index in [1.807, 2.05) is 6.07 Å². The zero-order chi connectivity index (χ0) is 21.1. The highest BCUT2D eigenvalue weighted by atomic mass is 32.2. The average Bonchev–Trinajstić information content (AvgIpc) is 2.75. The summed E-state index contributed by atoms with van der Waals surface area (Å²) < 4.78 is 41.0. The molecule has 3 aromatic carbocycles. The van der Waals surface area contributed by atoms with Crippen molar-refractivity contribution in [1.82, 2.24) is 4.31 Å². The molecule has 154 valence electrons. The lowest BCUT2D eigenvalue weighted by molar-refractivity contribution is 0.262. The van der Waals surface area contributed by atoms with E-state index in [1.165, 1.54) is 22.5 Å². The van der Waals surface area contributed by atoms with Crippen LogP contribution in [0.25, 0.3) is 0 Å². The third-order valence-corrected chi connectivity index (χ3v) is 6.80. The number of carbonyl (C=O) groups is 1. The summed E-state index contributed by atoms with van der Waals surface area (Å²) in [4.78, 5) is 12.5. The fourth-order valence-electron chi connectivity index (χ4n) is 3.40. The lowest BCUT2D eigenvalue weighted by Gasteiger charge is -2.28. The SMILES string of the molecule is O=C(Nc1ccc2c(c1)CN(S(=O)(=O)c1ccccc1)CC2)Nc1ccccc1F. The molecule has 2 N–H and O–H groups in total. The van der Waals surface area contributed by atoms with Crippen LogP contribution >= 0.6 is 0 Å².